The normalized spacial score (nSPS) is 19.3. The minimum absolute atomic E-state index is 0.0128. The molecule has 3 aromatic heterocycles. The van der Waals surface area contributed by atoms with Gasteiger partial charge in [-0.05, 0) is 72.7 Å². The van der Waals surface area contributed by atoms with E-state index in [1.165, 1.54) is 25.3 Å². The number of carbonyl (C=O) groups is 1. The smallest absolute Gasteiger partial charge is 0.353 e. The van der Waals surface area contributed by atoms with Crippen molar-refractivity contribution in [3.05, 3.63) is 93.7 Å². The Morgan fingerprint density at radius 3 is 2.61 bits per heavy atom. The molecular weight excluding hydrogens is 482 g/mol. The summed E-state index contributed by atoms with van der Waals surface area (Å²) in [6, 6.07) is 10.2. The number of benzene rings is 1. The fourth-order valence-electron chi connectivity index (χ4n) is 4.83. The number of fused-ring (bicyclic) bond motifs is 2. The summed E-state index contributed by atoms with van der Waals surface area (Å²) in [4.78, 5) is 26.9. The van der Waals surface area contributed by atoms with Crippen molar-refractivity contribution in [3.63, 3.8) is 0 Å². The molecule has 186 valence electrons. The molecule has 0 amide bonds. The Labute approximate surface area is 206 Å². The minimum atomic E-state index is -4.41. The number of aliphatic hydroxyl groups excluding tert-OH is 1. The van der Waals surface area contributed by atoms with Crippen LogP contribution in [0.2, 0.25) is 0 Å². The number of aromatic nitrogens is 3. The van der Waals surface area contributed by atoms with Crippen LogP contribution in [0.1, 0.15) is 42.4 Å². The highest BCUT2D eigenvalue weighted by Gasteiger charge is 2.45. The molecule has 0 aliphatic heterocycles. The summed E-state index contributed by atoms with van der Waals surface area (Å²) in [6.07, 6.45) is 5.56. The topological polar surface area (TPSA) is 134 Å². The molecular formula is C26H25N3O6S. The Morgan fingerprint density at radius 1 is 1.17 bits per heavy atom. The number of rotatable bonds is 5. The largest absolute Gasteiger partial charge is 0.477 e. The molecule has 1 aliphatic rings. The van der Waals surface area contributed by atoms with Gasteiger partial charge in [0.2, 0.25) is 10.0 Å². The van der Waals surface area contributed by atoms with E-state index >= 15 is 0 Å². The first kappa shape index (κ1) is 23.8. The van der Waals surface area contributed by atoms with Crippen molar-refractivity contribution in [2.24, 2.45) is 7.05 Å². The van der Waals surface area contributed by atoms with Crippen molar-refractivity contribution in [1.29, 1.82) is 0 Å². The number of allylic oxidation sites excluding steroid dienone is 1. The zero-order valence-electron chi connectivity index (χ0n) is 19.9. The number of aromatic amines is 1. The van der Waals surface area contributed by atoms with Gasteiger partial charge in [-0.3, -0.25) is 4.79 Å². The lowest BCUT2D eigenvalue weighted by Gasteiger charge is -2.34. The van der Waals surface area contributed by atoms with E-state index in [-0.39, 0.29) is 17.3 Å². The van der Waals surface area contributed by atoms with Crippen molar-refractivity contribution >= 4 is 37.8 Å². The number of pyridine rings is 1. The molecule has 10 heteroatoms. The van der Waals surface area contributed by atoms with Gasteiger partial charge in [-0.1, -0.05) is 18.2 Å². The first-order valence-electron chi connectivity index (χ1n) is 11.3. The SMILES string of the molecule is CC1=CC(C(O)c2ccc3c(ccn3C)c2)=CCC1(C)S(=O)(=O)n1c(C(=O)O)cc2cc[nH]c(=O)c21. The molecule has 1 aliphatic carbocycles. The van der Waals surface area contributed by atoms with Gasteiger partial charge in [0.25, 0.3) is 5.56 Å². The molecule has 3 N–H and O–H groups in total. The maximum Gasteiger partial charge on any atom is 0.353 e. The Morgan fingerprint density at radius 2 is 1.92 bits per heavy atom. The van der Waals surface area contributed by atoms with Gasteiger partial charge in [0.05, 0.1) is 0 Å². The second-order valence-electron chi connectivity index (χ2n) is 9.33. The van der Waals surface area contributed by atoms with Crippen molar-refractivity contribution in [2.75, 3.05) is 0 Å². The zero-order valence-corrected chi connectivity index (χ0v) is 20.7. The molecule has 0 bridgehead atoms. The Kier molecular flexibility index (Phi) is 5.34. The number of carboxylic acids is 1. The number of aromatic carboxylic acids is 1. The van der Waals surface area contributed by atoms with Crippen LogP contribution >= 0.6 is 0 Å². The highest BCUT2D eigenvalue weighted by Crippen LogP contribution is 2.41. The Hall–Kier alpha value is -3.89. The molecule has 0 saturated carbocycles. The number of aliphatic hydroxyl groups is 1. The van der Waals surface area contributed by atoms with Crippen LogP contribution in [0.3, 0.4) is 0 Å². The van der Waals surface area contributed by atoms with Crippen molar-refractivity contribution in [2.45, 2.75) is 31.1 Å². The van der Waals surface area contributed by atoms with E-state index in [1.54, 1.807) is 19.1 Å². The maximum atomic E-state index is 14.0. The number of H-pyrrole nitrogens is 1. The van der Waals surface area contributed by atoms with E-state index in [0.717, 1.165) is 10.9 Å². The molecule has 5 rings (SSSR count). The average molecular weight is 508 g/mol. The highest BCUT2D eigenvalue weighted by molar-refractivity contribution is 7.91. The van der Waals surface area contributed by atoms with Gasteiger partial charge in [0, 0.05) is 30.3 Å². The third-order valence-corrected chi connectivity index (χ3v) is 9.68. The van der Waals surface area contributed by atoms with Crippen LogP contribution < -0.4 is 5.56 Å². The first-order valence-corrected chi connectivity index (χ1v) is 12.7. The van der Waals surface area contributed by atoms with Gasteiger partial charge in [-0.2, -0.15) is 0 Å². The lowest BCUT2D eigenvalue weighted by Crippen LogP contribution is -2.43. The third-order valence-electron chi connectivity index (χ3n) is 7.19. The molecule has 0 spiro atoms. The fourth-order valence-corrected chi connectivity index (χ4v) is 6.82. The van der Waals surface area contributed by atoms with Gasteiger partial charge >= 0.3 is 5.97 Å². The molecule has 0 fully saturated rings. The van der Waals surface area contributed by atoms with Crippen molar-refractivity contribution in [1.82, 2.24) is 13.5 Å². The van der Waals surface area contributed by atoms with E-state index in [9.17, 15) is 28.2 Å². The number of hydrogen-bond donors (Lipinski definition) is 3. The van der Waals surface area contributed by atoms with Gasteiger partial charge in [-0.15, -0.1) is 0 Å². The summed E-state index contributed by atoms with van der Waals surface area (Å²) in [7, 11) is -2.48. The van der Waals surface area contributed by atoms with Crippen molar-refractivity contribution in [3.8, 4) is 0 Å². The molecule has 2 atom stereocenters. The molecule has 0 radical (unpaired) electrons. The van der Waals surface area contributed by atoms with Crippen molar-refractivity contribution < 1.29 is 23.4 Å². The van der Waals surface area contributed by atoms with Crippen LogP contribution in [0.15, 0.2) is 76.9 Å². The van der Waals surface area contributed by atoms with Gasteiger partial charge in [0.15, 0.2) is 0 Å². The molecule has 1 aromatic carbocycles. The van der Waals surface area contributed by atoms with E-state index < -0.39 is 38.1 Å². The van der Waals surface area contributed by atoms with Crippen LogP contribution in [0.25, 0.3) is 21.8 Å². The van der Waals surface area contributed by atoms with Gasteiger partial charge < -0.3 is 19.8 Å². The van der Waals surface area contributed by atoms with Crippen LogP contribution in [0.5, 0.6) is 0 Å². The summed E-state index contributed by atoms with van der Waals surface area (Å²) in [6.45, 7) is 3.13. The second kappa shape index (κ2) is 8.07. The zero-order chi connectivity index (χ0) is 26.0. The Bertz CT molecular complexity index is 1790. The predicted octanol–water partition coefficient (Wildman–Crippen LogP) is 3.47. The standard InChI is InChI=1S/C26H25N3O6S/c1-15-12-19(23(30)18-4-5-20-16(13-18)8-11-28(20)3)6-9-26(15,2)36(34,35)29-21(25(32)33)14-17-7-10-27-24(31)22(17)29/h4-8,10-14,23,30H,9H2,1-3H3,(H,27,31)(H,32,33). The number of hydrogen-bond acceptors (Lipinski definition) is 5. The molecule has 4 aromatic rings. The first-order chi connectivity index (χ1) is 17.0. The molecule has 9 nitrogen and oxygen atoms in total. The van der Waals surface area contributed by atoms with Crippen LogP contribution in [-0.2, 0) is 17.1 Å². The van der Waals surface area contributed by atoms with Gasteiger partial charge in [0.1, 0.15) is 22.1 Å². The third kappa shape index (κ3) is 3.36. The predicted molar refractivity (Wildman–Crippen MR) is 137 cm³/mol. The van der Waals surface area contributed by atoms with Crippen LogP contribution in [0.4, 0.5) is 0 Å². The fraction of sp³-hybridized carbons (Fsp3) is 0.231. The van der Waals surface area contributed by atoms with E-state index in [4.69, 9.17) is 0 Å². The number of nitrogens with one attached hydrogen (secondary N) is 1. The Balaban J connectivity index is 1.57. The lowest BCUT2D eigenvalue weighted by molar-refractivity contribution is 0.0689. The minimum Gasteiger partial charge on any atom is -0.477 e. The van der Waals surface area contributed by atoms with Crippen LogP contribution in [0, 0.1) is 0 Å². The van der Waals surface area contributed by atoms with Crippen LogP contribution in [-0.4, -0.2) is 42.9 Å². The molecule has 2 unspecified atom stereocenters. The molecule has 3 heterocycles. The highest BCUT2D eigenvalue weighted by atomic mass is 32.2. The monoisotopic (exact) mass is 507 g/mol. The summed E-state index contributed by atoms with van der Waals surface area (Å²) < 4.78 is 29.0. The maximum absolute atomic E-state index is 14.0. The number of carboxylic acid groups (broad SMARTS) is 1. The summed E-state index contributed by atoms with van der Waals surface area (Å²) in [5, 5.41) is 22.0. The summed E-state index contributed by atoms with van der Waals surface area (Å²) in [5.41, 5.74) is 1.21. The molecule has 36 heavy (non-hydrogen) atoms. The number of aryl methyl sites for hydroxylation is 1. The van der Waals surface area contributed by atoms with Gasteiger partial charge in [-0.25, -0.2) is 17.2 Å². The van der Waals surface area contributed by atoms with E-state index in [0.29, 0.717) is 20.7 Å². The van der Waals surface area contributed by atoms with E-state index in [2.05, 4.69) is 4.98 Å². The second-order valence-corrected chi connectivity index (χ2v) is 11.5. The summed E-state index contributed by atoms with van der Waals surface area (Å²) in [5.74, 6) is -1.46. The number of nitrogens with zero attached hydrogens (tertiary/aromatic N) is 2. The quantitative estimate of drug-likeness (QED) is 0.379. The lowest BCUT2D eigenvalue weighted by atomic mass is 9.86. The van der Waals surface area contributed by atoms with E-state index in [1.807, 2.05) is 42.1 Å². The summed E-state index contributed by atoms with van der Waals surface area (Å²) >= 11 is 0. The molecule has 0 saturated heterocycles. The average Bonchev–Trinajstić information content (AvgIpc) is 3.42.